The summed E-state index contributed by atoms with van der Waals surface area (Å²) in [6, 6.07) is 14.6. The van der Waals surface area contributed by atoms with Gasteiger partial charge in [0.2, 0.25) is 0 Å². The minimum Gasteiger partial charge on any atom is -0.358 e. The molecule has 0 aliphatic heterocycles. The van der Waals surface area contributed by atoms with Crippen molar-refractivity contribution in [2.24, 2.45) is 0 Å². The largest absolute Gasteiger partial charge is 0.358 e. The van der Waals surface area contributed by atoms with Crippen molar-refractivity contribution in [1.29, 1.82) is 0 Å². The molecule has 0 spiro atoms. The molecule has 1 atom stereocenters. The summed E-state index contributed by atoms with van der Waals surface area (Å²) in [6.07, 6.45) is 1.19. The van der Waals surface area contributed by atoms with Crippen molar-refractivity contribution in [3.8, 4) is 0 Å². The zero-order chi connectivity index (χ0) is 19.8. The van der Waals surface area contributed by atoms with Gasteiger partial charge in [-0.05, 0) is 44.7 Å². The Kier molecular flexibility index (Phi) is 5.22. The molecule has 3 rings (SSSR count). The van der Waals surface area contributed by atoms with Gasteiger partial charge in [0.05, 0.1) is 11.4 Å². The van der Waals surface area contributed by atoms with Crippen LogP contribution in [0.2, 0.25) is 0 Å². The van der Waals surface area contributed by atoms with Crippen molar-refractivity contribution < 1.29 is 13.2 Å². The smallest absolute Gasteiger partial charge is 0.179 e. The summed E-state index contributed by atoms with van der Waals surface area (Å²) in [5.41, 5.74) is 3.54. The number of rotatable bonds is 6. The van der Waals surface area contributed by atoms with E-state index in [1.165, 1.54) is 6.26 Å². The third kappa shape index (κ3) is 3.96. The number of aromatic nitrogens is 1. The summed E-state index contributed by atoms with van der Waals surface area (Å²) in [5, 5.41) is 0.943. The maximum atomic E-state index is 12.9. The van der Waals surface area contributed by atoms with E-state index in [1.54, 1.807) is 24.3 Å². The first-order valence-electron chi connectivity index (χ1n) is 8.79. The lowest BCUT2D eigenvalue weighted by Crippen LogP contribution is -2.29. The summed E-state index contributed by atoms with van der Waals surface area (Å²) < 4.78 is 23.2. The Morgan fingerprint density at radius 3 is 2.37 bits per heavy atom. The van der Waals surface area contributed by atoms with Gasteiger partial charge in [0.15, 0.2) is 15.6 Å². The van der Waals surface area contributed by atoms with Gasteiger partial charge < -0.3 is 4.98 Å². The topological polar surface area (TPSA) is 70.2 Å². The fourth-order valence-corrected chi connectivity index (χ4v) is 3.96. The highest BCUT2D eigenvalue weighted by atomic mass is 32.2. The number of hydrogen-bond donors (Lipinski definition) is 1. The van der Waals surface area contributed by atoms with Gasteiger partial charge in [0.1, 0.15) is 0 Å². The van der Waals surface area contributed by atoms with E-state index in [-0.39, 0.29) is 18.4 Å². The van der Waals surface area contributed by atoms with E-state index in [2.05, 4.69) is 4.98 Å². The Balaban J connectivity index is 1.78. The molecule has 0 amide bonds. The van der Waals surface area contributed by atoms with Crippen LogP contribution < -0.4 is 0 Å². The Hall–Kier alpha value is -2.44. The number of ketones is 1. The third-order valence-electron chi connectivity index (χ3n) is 5.02. The fourth-order valence-electron chi connectivity index (χ4n) is 3.33. The van der Waals surface area contributed by atoms with Crippen LogP contribution in [0.3, 0.4) is 0 Å². The molecule has 0 saturated carbocycles. The van der Waals surface area contributed by atoms with Crippen LogP contribution in [-0.4, -0.2) is 43.9 Å². The normalized spacial score (nSPS) is 13.2. The van der Waals surface area contributed by atoms with Crippen LogP contribution in [0.4, 0.5) is 0 Å². The van der Waals surface area contributed by atoms with Gasteiger partial charge in [-0.1, -0.05) is 30.3 Å². The number of carbonyl (C=O) groups is 1. The number of likely N-dealkylation sites (N-methyl/N-ethyl adjacent to an activating group) is 1. The van der Waals surface area contributed by atoms with E-state index in [1.807, 2.05) is 50.1 Å². The molecule has 1 N–H and O–H groups in total. The number of hydrogen-bond acceptors (Lipinski definition) is 4. The molecular weight excluding hydrogens is 360 g/mol. The summed E-state index contributed by atoms with van der Waals surface area (Å²) in [6.45, 7) is 4.20. The first kappa shape index (κ1) is 19.3. The SMILES string of the molecule is Cc1[nH]c2ccccc2c1C(=O)CN(C)C(C)c1ccc(S(C)(=O)=O)cc1. The molecule has 0 bridgehead atoms. The van der Waals surface area contributed by atoms with Crippen molar-refractivity contribution in [2.45, 2.75) is 24.8 Å². The van der Waals surface area contributed by atoms with E-state index < -0.39 is 9.84 Å². The number of fused-ring (bicyclic) bond motifs is 1. The number of nitrogens with zero attached hydrogens (tertiary/aromatic N) is 1. The summed E-state index contributed by atoms with van der Waals surface area (Å²) in [5.74, 6) is 0.0621. The van der Waals surface area contributed by atoms with Crippen LogP contribution in [-0.2, 0) is 9.84 Å². The zero-order valence-corrected chi connectivity index (χ0v) is 16.8. The second-order valence-electron chi connectivity index (χ2n) is 7.03. The molecule has 0 saturated heterocycles. The number of Topliss-reactive ketones (excluding diaryl/α,β-unsaturated/α-hetero) is 1. The second kappa shape index (κ2) is 7.29. The maximum Gasteiger partial charge on any atom is 0.179 e. The number of H-pyrrole nitrogens is 1. The average Bonchev–Trinajstić information content (AvgIpc) is 2.96. The minimum atomic E-state index is -3.21. The molecule has 2 aromatic carbocycles. The van der Waals surface area contributed by atoms with Crippen molar-refractivity contribution in [1.82, 2.24) is 9.88 Å². The molecule has 0 radical (unpaired) electrons. The molecule has 5 nitrogen and oxygen atoms in total. The fraction of sp³-hybridized carbons (Fsp3) is 0.286. The maximum absolute atomic E-state index is 12.9. The second-order valence-corrected chi connectivity index (χ2v) is 9.04. The number of nitrogens with one attached hydrogen (secondary N) is 1. The van der Waals surface area contributed by atoms with Gasteiger partial charge >= 0.3 is 0 Å². The highest BCUT2D eigenvalue weighted by molar-refractivity contribution is 7.90. The zero-order valence-electron chi connectivity index (χ0n) is 16.0. The highest BCUT2D eigenvalue weighted by Gasteiger charge is 2.20. The van der Waals surface area contributed by atoms with Crippen LogP contribution in [0.5, 0.6) is 0 Å². The van der Waals surface area contributed by atoms with Crippen LogP contribution in [0, 0.1) is 6.92 Å². The Morgan fingerprint density at radius 1 is 1.11 bits per heavy atom. The molecule has 0 aliphatic carbocycles. The van der Waals surface area contributed by atoms with Crippen molar-refractivity contribution in [3.05, 3.63) is 65.4 Å². The predicted molar refractivity (Wildman–Crippen MR) is 108 cm³/mol. The first-order valence-corrected chi connectivity index (χ1v) is 10.7. The van der Waals surface area contributed by atoms with Gasteiger partial charge in [0.25, 0.3) is 0 Å². The molecular formula is C21H24N2O3S. The molecule has 27 heavy (non-hydrogen) atoms. The Morgan fingerprint density at radius 2 is 1.74 bits per heavy atom. The monoisotopic (exact) mass is 384 g/mol. The van der Waals surface area contributed by atoms with Crippen LogP contribution in [0.1, 0.15) is 34.6 Å². The summed E-state index contributed by atoms with van der Waals surface area (Å²) in [4.78, 5) is 18.5. The lowest BCUT2D eigenvalue weighted by atomic mass is 10.0. The van der Waals surface area contributed by atoms with Gasteiger partial charge in [-0.25, -0.2) is 8.42 Å². The summed E-state index contributed by atoms with van der Waals surface area (Å²) in [7, 11) is -1.31. The summed E-state index contributed by atoms with van der Waals surface area (Å²) >= 11 is 0. The van der Waals surface area contributed by atoms with Crippen molar-refractivity contribution in [3.63, 3.8) is 0 Å². The van der Waals surface area contributed by atoms with Crippen LogP contribution in [0.25, 0.3) is 10.9 Å². The Bertz CT molecular complexity index is 1080. The Labute approximate surface area is 159 Å². The number of aromatic amines is 1. The van der Waals surface area contributed by atoms with Crippen LogP contribution in [0.15, 0.2) is 53.4 Å². The number of para-hydroxylation sites is 1. The number of aryl methyl sites for hydroxylation is 1. The lowest BCUT2D eigenvalue weighted by Gasteiger charge is -2.24. The number of sulfone groups is 1. The van der Waals surface area contributed by atoms with E-state index in [9.17, 15) is 13.2 Å². The minimum absolute atomic E-state index is 0.0203. The molecule has 1 aromatic heterocycles. The van der Waals surface area contributed by atoms with E-state index in [0.717, 1.165) is 27.7 Å². The van der Waals surface area contributed by atoms with Gasteiger partial charge in [-0.15, -0.1) is 0 Å². The van der Waals surface area contributed by atoms with Gasteiger partial charge in [-0.3, -0.25) is 9.69 Å². The van der Waals surface area contributed by atoms with Gasteiger partial charge in [0, 0.05) is 34.5 Å². The first-order chi connectivity index (χ1) is 12.7. The molecule has 0 aliphatic rings. The molecule has 0 fully saturated rings. The average molecular weight is 385 g/mol. The van der Waals surface area contributed by atoms with Crippen LogP contribution >= 0.6 is 0 Å². The molecule has 3 aromatic rings. The predicted octanol–water partition coefficient (Wildman–Crippen LogP) is 3.76. The van der Waals surface area contributed by atoms with Crippen molar-refractivity contribution in [2.75, 3.05) is 19.8 Å². The van der Waals surface area contributed by atoms with E-state index >= 15 is 0 Å². The standard InChI is InChI=1S/C21H24N2O3S/c1-14-21(18-7-5-6-8-19(18)22-14)20(24)13-23(3)15(2)16-9-11-17(12-10-16)27(4,25)26/h5-12,15,22H,13H2,1-4H3. The molecule has 1 unspecified atom stereocenters. The molecule has 6 heteroatoms. The van der Waals surface area contributed by atoms with Crippen molar-refractivity contribution >= 4 is 26.5 Å². The molecule has 142 valence electrons. The quantitative estimate of drug-likeness (QED) is 0.657. The van der Waals surface area contributed by atoms with E-state index in [4.69, 9.17) is 0 Å². The number of benzene rings is 2. The lowest BCUT2D eigenvalue weighted by molar-refractivity contribution is 0.0926. The van der Waals surface area contributed by atoms with Gasteiger partial charge in [-0.2, -0.15) is 0 Å². The van der Waals surface area contributed by atoms with E-state index in [0.29, 0.717) is 4.90 Å². The number of carbonyl (C=O) groups excluding carboxylic acids is 1. The highest BCUT2D eigenvalue weighted by Crippen LogP contribution is 2.25. The third-order valence-corrected chi connectivity index (χ3v) is 6.15. The molecule has 1 heterocycles.